The predicted octanol–water partition coefficient (Wildman–Crippen LogP) is 1.73. The molecule has 6 heterocycles. The normalized spacial score (nSPS) is 21.6. The molecule has 0 bridgehead atoms. The highest BCUT2D eigenvalue weighted by Crippen LogP contribution is 2.44. The van der Waals surface area contributed by atoms with Crippen LogP contribution in [-0.4, -0.2) is 78.2 Å². The van der Waals surface area contributed by atoms with Crippen molar-refractivity contribution in [3.8, 4) is 0 Å². The Morgan fingerprint density at radius 3 is 2.61 bits per heavy atom. The number of pyridine rings is 1. The third-order valence-corrected chi connectivity index (χ3v) is 7.44. The van der Waals surface area contributed by atoms with E-state index in [1.165, 1.54) is 15.8 Å². The molecule has 0 spiro atoms. The van der Waals surface area contributed by atoms with Crippen LogP contribution in [0.1, 0.15) is 24.3 Å². The number of aromatic nitrogens is 4. The van der Waals surface area contributed by atoms with Crippen molar-refractivity contribution in [2.45, 2.75) is 32.5 Å². The molecule has 31 heavy (non-hydrogen) atoms. The van der Waals surface area contributed by atoms with Gasteiger partial charge in [0.2, 0.25) is 11.6 Å². The Labute approximate surface area is 184 Å². The van der Waals surface area contributed by atoms with Crippen molar-refractivity contribution in [2.75, 3.05) is 62.3 Å². The number of thiophene rings is 1. The first-order valence-electron chi connectivity index (χ1n) is 11.0. The lowest BCUT2D eigenvalue weighted by Crippen LogP contribution is -2.44. The second-order valence-corrected chi connectivity index (χ2v) is 10.1. The molecule has 3 aliphatic heterocycles. The second kappa shape index (κ2) is 7.47. The van der Waals surface area contributed by atoms with Crippen molar-refractivity contribution >= 4 is 44.4 Å². The van der Waals surface area contributed by atoms with Gasteiger partial charge in [-0.25, -0.2) is 9.97 Å². The summed E-state index contributed by atoms with van der Waals surface area (Å²) in [6.45, 7) is 11.6. The summed E-state index contributed by atoms with van der Waals surface area (Å²) in [5.74, 6) is 0.662. The van der Waals surface area contributed by atoms with Crippen LogP contribution in [0.5, 0.6) is 0 Å². The molecule has 2 fully saturated rings. The van der Waals surface area contributed by atoms with Crippen LogP contribution in [0.4, 0.5) is 11.6 Å². The minimum absolute atomic E-state index is 0.149. The van der Waals surface area contributed by atoms with Gasteiger partial charge in [-0.3, -0.25) is 0 Å². The fourth-order valence-electron chi connectivity index (χ4n) is 4.68. The van der Waals surface area contributed by atoms with E-state index in [1.54, 1.807) is 11.3 Å². The highest BCUT2D eigenvalue weighted by atomic mass is 32.1. The molecule has 9 nitrogen and oxygen atoms in total. The summed E-state index contributed by atoms with van der Waals surface area (Å²) in [7, 11) is 0. The van der Waals surface area contributed by atoms with E-state index in [0.717, 1.165) is 61.7 Å². The zero-order valence-corrected chi connectivity index (χ0v) is 18.8. The molecule has 0 atom stereocenters. The van der Waals surface area contributed by atoms with E-state index in [2.05, 4.69) is 39.2 Å². The van der Waals surface area contributed by atoms with Gasteiger partial charge in [0, 0.05) is 61.5 Å². The second-order valence-electron chi connectivity index (χ2n) is 8.99. The number of morpholine rings is 1. The third-order valence-electron chi connectivity index (χ3n) is 6.32. The van der Waals surface area contributed by atoms with Crippen molar-refractivity contribution in [2.24, 2.45) is 0 Å². The van der Waals surface area contributed by atoms with E-state index < -0.39 is 0 Å². The van der Waals surface area contributed by atoms with Crippen LogP contribution in [0.3, 0.4) is 0 Å². The number of fused-ring (bicyclic) bond motifs is 4. The molecule has 3 aromatic rings. The predicted molar refractivity (Wildman–Crippen MR) is 121 cm³/mol. The molecule has 0 aliphatic carbocycles. The molecule has 0 unspecified atom stereocenters. The Hall–Kier alpha value is -2.14. The lowest BCUT2D eigenvalue weighted by molar-refractivity contribution is -0.0382. The zero-order valence-electron chi connectivity index (χ0n) is 18.0. The van der Waals surface area contributed by atoms with E-state index in [4.69, 9.17) is 19.4 Å². The summed E-state index contributed by atoms with van der Waals surface area (Å²) >= 11 is 1.77. The molecular formula is C21H27N7O2S. The number of anilines is 2. The monoisotopic (exact) mass is 441 g/mol. The quantitative estimate of drug-likeness (QED) is 0.639. The molecule has 2 saturated heterocycles. The lowest BCUT2D eigenvalue weighted by atomic mass is 9.97. The van der Waals surface area contributed by atoms with E-state index in [1.807, 2.05) is 0 Å². The van der Waals surface area contributed by atoms with Crippen LogP contribution >= 0.6 is 11.3 Å². The van der Waals surface area contributed by atoms with Gasteiger partial charge in [0.1, 0.15) is 10.3 Å². The summed E-state index contributed by atoms with van der Waals surface area (Å²) in [5, 5.41) is 13.6. The Balaban J connectivity index is 1.58. The van der Waals surface area contributed by atoms with Crippen LogP contribution in [0.2, 0.25) is 0 Å². The molecule has 0 amide bonds. The van der Waals surface area contributed by atoms with Crippen molar-refractivity contribution in [3.05, 3.63) is 10.4 Å². The number of nitrogens with zero attached hydrogens (tertiary/aromatic N) is 6. The fraction of sp³-hybridized carbons (Fsp3) is 0.619. The summed E-state index contributed by atoms with van der Waals surface area (Å²) in [5.41, 5.74) is 3.73. The van der Waals surface area contributed by atoms with Gasteiger partial charge < -0.3 is 24.6 Å². The molecule has 3 aliphatic rings. The molecular weight excluding hydrogens is 414 g/mol. The molecule has 10 heteroatoms. The summed E-state index contributed by atoms with van der Waals surface area (Å²) < 4.78 is 11.7. The third kappa shape index (κ3) is 3.42. The highest BCUT2D eigenvalue weighted by Gasteiger charge is 2.32. The van der Waals surface area contributed by atoms with E-state index >= 15 is 0 Å². The number of hydrogen-bond acceptors (Lipinski definition) is 10. The maximum absolute atomic E-state index is 6.21. The smallest absolute Gasteiger partial charge is 0.246 e. The molecule has 0 radical (unpaired) electrons. The van der Waals surface area contributed by atoms with E-state index in [-0.39, 0.29) is 5.60 Å². The van der Waals surface area contributed by atoms with Gasteiger partial charge in [-0.1, -0.05) is 0 Å². The van der Waals surface area contributed by atoms with Crippen LogP contribution in [0.15, 0.2) is 0 Å². The maximum Gasteiger partial charge on any atom is 0.246 e. The number of nitrogens with one attached hydrogen (secondary N) is 1. The topological polar surface area (TPSA) is 88.5 Å². The maximum atomic E-state index is 6.21. The number of piperazine rings is 1. The van der Waals surface area contributed by atoms with Gasteiger partial charge in [-0.2, -0.15) is 0 Å². The fourth-order valence-corrected chi connectivity index (χ4v) is 6.07. The van der Waals surface area contributed by atoms with Crippen molar-refractivity contribution in [3.63, 3.8) is 0 Å². The Kier molecular flexibility index (Phi) is 4.71. The molecule has 6 rings (SSSR count). The molecule has 1 N–H and O–H groups in total. The van der Waals surface area contributed by atoms with Crippen LogP contribution < -0.4 is 15.1 Å². The van der Waals surface area contributed by atoms with Gasteiger partial charge in [0.15, 0.2) is 0 Å². The van der Waals surface area contributed by atoms with Crippen LogP contribution in [0.25, 0.3) is 21.4 Å². The SMILES string of the molecule is CC1(C)Cc2sc3nc4nnc(N5CCOCC5)nc4c(N4CCNCC4)c3c2CO1. The molecule has 0 saturated carbocycles. The first-order chi connectivity index (χ1) is 15.1. The zero-order chi connectivity index (χ0) is 21.0. The first kappa shape index (κ1) is 19.5. The molecule has 3 aromatic heterocycles. The van der Waals surface area contributed by atoms with Gasteiger partial charge in [0.05, 0.1) is 31.1 Å². The van der Waals surface area contributed by atoms with Crippen molar-refractivity contribution < 1.29 is 9.47 Å². The average molecular weight is 442 g/mol. The number of hydrogen-bond donors (Lipinski definition) is 1. The van der Waals surface area contributed by atoms with Crippen molar-refractivity contribution in [1.82, 2.24) is 25.5 Å². The standard InChI is InChI=1S/C21H27N7O2S/c1-21(2)11-14-13(12-30-21)15-17(27-5-3-22-4-6-27)16-18(24-19(15)31-14)25-26-20(23-16)28-7-9-29-10-8-28/h22H,3-12H2,1-2H3. The summed E-state index contributed by atoms with van der Waals surface area (Å²) in [4.78, 5) is 16.9. The Bertz CT molecular complexity index is 1140. The minimum atomic E-state index is -0.149. The van der Waals surface area contributed by atoms with Gasteiger partial charge in [-0.05, 0) is 13.8 Å². The number of ether oxygens (including phenoxy) is 2. The summed E-state index contributed by atoms with van der Waals surface area (Å²) in [6, 6.07) is 0. The highest BCUT2D eigenvalue weighted by molar-refractivity contribution is 7.19. The lowest BCUT2D eigenvalue weighted by Gasteiger charge is -2.32. The van der Waals surface area contributed by atoms with Crippen molar-refractivity contribution in [1.29, 1.82) is 0 Å². The van der Waals surface area contributed by atoms with E-state index in [9.17, 15) is 0 Å². The summed E-state index contributed by atoms with van der Waals surface area (Å²) in [6.07, 6.45) is 0.902. The Morgan fingerprint density at radius 1 is 1.00 bits per heavy atom. The largest absolute Gasteiger partial charge is 0.378 e. The van der Waals surface area contributed by atoms with Crippen LogP contribution in [-0.2, 0) is 22.5 Å². The van der Waals surface area contributed by atoms with Gasteiger partial charge in [-0.15, -0.1) is 21.5 Å². The number of rotatable bonds is 2. The molecule has 164 valence electrons. The van der Waals surface area contributed by atoms with Gasteiger partial charge >= 0.3 is 0 Å². The van der Waals surface area contributed by atoms with Crippen LogP contribution in [0, 0.1) is 0 Å². The minimum Gasteiger partial charge on any atom is -0.378 e. The average Bonchev–Trinajstić information content (AvgIpc) is 3.14. The Morgan fingerprint density at radius 2 is 1.81 bits per heavy atom. The molecule has 0 aromatic carbocycles. The first-order valence-corrected chi connectivity index (χ1v) is 11.8. The van der Waals surface area contributed by atoms with E-state index in [0.29, 0.717) is 31.4 Å². The van der Waals surface area contributed by atoms with Gasteiger partial charge in [0.25, 0.3) is 0 Å².